The summed E-state index contributed by atoms with van der Waals surface area (Å²) >= 11 is 1.12. The van der Waals surface area contributed by atoms with E-state index in [9.17, 15) is 9.59 Å². The van der Waals surface area contributed by atoms with Gasteiger partial charge in [-0.2, -0.15) is 0 Å². The summed E-state index contributed by atoms with van der Waals surface area (Å²) in [5.74, 6) is 0.225. The third-order valence-electron chi connectivity index (χ3n) is 3.17. The number of urea groups is 1. The SMILES string of the molecule is CCNC(=O)NC(=O)CSc1nnc(CN2CCCCC2)o1. The van der Waals surface area contributed by atoms with Gasteiger partial charge in [0.2, 0.25) is 11.8 Å². The van der Waals surface area contributed by atoms with Crippen LogP contribution in [-0.2, 0) is 11.3 Å². The fourth-order valence-electron chi connectivity index (χ4n) is 2.16. The number of amides is 3. The van der Waals surface area contributed by atoms with Crippen molar-refractivity contribution in [2.24, 2.45) is 0 Å². The van der Waals surface area contributed by atoms with Crippen molar-refractivity contribution in [2.75, 3.05) is 25.4 Å². The minimum atomic E-state index is -0.496. The number of thioether (sulfide) groups is 1. The Morgan fingerprint density at radius 1 is 1.27 bits per heavy atom. The summed E-state index contributed by atoms with van der Waals surface area (Å²) in [6.07, 6.45) is 3.69. The topological polar surface area (TPSA) is 100 Å². The van der Waals surface area contributed by atoms with Crippen LogP contribution in [0.3, 0.4) is 0 Å². The molecule has 0 saturated carbocycles. The van der Waals surface area contributed by atoms with E-state index in [0.717, 1.165) is 24.9 Å². The second-order valence-electron chi connectivity index (χ2n) is 4.99. The molecule has 1 aromatic heterocycles. The number of carbonyl (C=O) groups excluding carboxylic acids is 2. The van der Waals surface area contributed by atoms with Crippen LogP contribution in [0.25, 0.3) is 0 Å². The highest BCUT2D eigenvalue weighted by Crippen LogP contribution is 2.18. The van der Waals surface area contributed by atoms with Crippen molar-refractivity contribution in [3.63, 3.8) is 0 Å². The highest BCUT2D eigenvalue weighted by Gasteiger charge is 2.15. The molecule has 9 heteroatoms. The van der Waals surface area contributed by atoms with Crippen LogP contribution < -0.4 is 10.6 Å². The number of aromatic nitrogens is 2. The van der Waals surface area contributed by atoms with Crippen LogP contribution in [0.2, 0.25) is 0 Å². The molecule has 8 nitrogen and oxygen atoms in total. The molecule has 22 heavy (non-hydrogen) atoms. The lowest BCUT2D eigenvalue weighted by molar-refractivity contribution is -0.117. The number of nitrogens with zero attached hydrogens (tertiary/aromatic N) is 3. The van der Waals surface area contributed by atoms with E-state index in [0.29, 0.717) is 24.2 Å². The quantitative estimate of drug-likeness (QED) is 0.752. The Hall–Kier alpha value is -1.61. The summed E-state index contributed by atoms with van der Waals surface area (Å²) in [4.78, 5) is 25.0. The maximum Gasteiger partial charge on any atom is 0.321 e. The van der Waals surface area contributed by atoms with Crippen LogP contribution >= 0.6 is 11.8 Å². The summed E-state index contributed by atoms with van der Waals surface area (Å²) in [6.45, 7) is 5.01. The molecule has 0 unspecified atom stereocenters. The summed E-state index contributed by atoms with van der Waals surface area (Å²) < 4.78 is 5.51. The summed E-state index contributed by atoms with van der Waals surface area (Å²) in [7, 11) is 0. The van der Waals surface area contributed by atoms with Crippen LogP contribution in [0.4, 0.5) is 4.79 Å². The molecule has 0 aromatic carbocycles. The Balaban J connectivity index is 1.72. The van der Waals surface area contributed by atoms with Crippen molar-refractivity contribution >= 4 is 23.7 Å². The smallest absolute Gasteiger partial charge is 0.321 e. The number of hydrogen-bond donors (Lipinski definition) is 2. The summed E-state index contributed by atoms with van der Waals surface area (Å²) in [5.41, 5.74) is 0. The largest absolute Gasteiger partial charge is 0.415 e. The van der Waals surface area contributed by atoms with E-state index in [-0.39, 0.29) is 5.75 Å². The monoisotopic (exact) mass is 327 g/mol. The fraction of sp³-hybridized carbons (Fsp3) is 0.692. The van der Waals surface area contributed by atoms with E-state index in [4.69, 9.17) is 4.42 Å². The lowest BCUT2D eigenvalue weighted by Crippen LogP contribution is -2.40. The van der Waals surface area contributed by atoms with E-state index in [1.807, 2.05) is 0 Å². The Morgan fingerprint density at radius 2 is 2.05 bits per heavy atom. The lowest BCUT2D eigenvalue weighted by Gasteiger charge is -2.24. The van der Waals surface area contributed by atoms with Gasteiger partial charge >= 0.3 is 6.03 Å². The molecule has 0 spiro atoms. The van der Waals surface area contributed by atoms with Crippen molar-refractivity contribution in [3.05, 3.63) is 5.89 Å². The van der Waals surface area contributed by atoms with Gasteiger partial charge in [-0.3, -0.25) is 15.0 Å². The Morgan fingerprint density at radius 3 is 2.77 bits per heavy atom. The predicted octanol–water partition coefficient (Wildman–Crippen LogP) is 0.993. The van der Waals surface area contributed by atoms with Gasteiger partial charge in [-0.25, -0.2) is 4.79 Å². The normalized spacial score (nSPS) is 15.5. The van der Waals surface area contributed by atoms with Crippen molar-refractivity contribution in [3.8, 4) is 0 Å². The standard InChI is InChI=1S/C13H21N5O3S/c1-2-14-12(20)15-10(19)9-22-13-17-16-11(21-13)8-18-6-4-3-5-7-18/h2-9H2,1H3,(H2,14,15,19,20). The minimum Gasteiger partial charge on any atom is -0.415 e. The van der Waals surface area contributed by atoms with Gasteiger partial charge in [-0.1, -0.05) is 18.2 Å². The van der Waals surface area contributed by atoms with E-state index < -0.39 is 11.9 Å². The molecule has 3 amide bonds. The minimum absolute atomic E-state index is 0.0580. The Bertz CT molecular complexity index is 502. The van der Waals surface area contributed by atoms with E-state index >= 15 is 0 Å². The third-order valence-corrected chi connectivity index (χ3v) is 3.99. The Labute approximate surface area is 133 Å². The first kappa shape index (κ1) is 16.8. The molecule has 0 bridgehead atoms. The van der Waals surface area contributed by atoms with Crippen molar-refractivity contribution in [1.82, 2.24) is 25.7 Å². The molecule has 0 radical (unpaired) electrons. The summed E-state index contributed by atoms with van der Waals surface area (Å²) in [5, 5.41) is 12.9. The van der Waals surface area contributed by atoms with Gasteiger partial charge in [0.05, 0.1) is 12.3 Å². The van der Waals surface area contributed by atoms with E-state index in [1.165, 1.54) is 19.3 Å². The molecule has 2 N–H and O–H groups in total. The molecule has 0 atom stereocenters. The van der Waals surface area contributed by atoms with Crippen molar-refractivity contribution < 1.29 is 14.0 Å². The number of imide groups is 1. The van der Waals surface area contributed by atoms with Crippen LogP contribution in [-0.4, -0.2) is 52.4 Å². The predicted molar refractivity (Wildman–Crippen MR) is 81.4 cm³/mol. The van der Waals surface area contributed by atoms with Gasteiger partial charge < -0.3 is 9.73 Å². The zero-order valence-electron chi connectivity index (χ0n) is 12.6. The second-order valence-corrected chi connectivity index (χ2v) is 5.92. The van der Waals surface area contributed by atoms with Crippen LogP contribution in [0, 0.1) is 0 Å². The molecule has 1 aromatic rings. The molecular formula is C13H21N5O3S. The molecule has 0 aliphatic carbocycles. The third kappa shape index (κ3) is 5.64. The van der Waals surface area contributed by atoms with Gasteiger partial charge in [-0.15, -0.1) is 10.2 Å². The fourth-order valence-corrected chi connectivity index (χ4v) is 2.74. The molecule has 2 heterocycles. The number of carbonyl (C=O) groups is 2. The van der Waals surface area contributed by atoms with Gasteiger partial charge in [0, 0.05) is 6.54 Å². The van der Waals surface area contributed by atoms with Crippen LogP contribution in [0.1, 0.15) is 32.1 Å². The zero-order chi connectivity index (χ0) is 15.8. The molecular weight excluding hydrogens is 306 g/mol. The van der Waals surface area contributed by atoms with Gasteiger partial charge in [-0.05, 0) is 32.9 Å². The van der Waals surface area contributed by atoms with Gasteiger partial charge in [0.25, 0.3) is 5.22 Å². The lowest BCUT2D eigenvalue weighted by atomic mass is 10.1. The first-order chi connectivity index (χ1) is 10.7. The molecule has 1 aliphatic rings. The molecule has 1 saturated heterocycles. The second kappa shape index (κ2) is 8.74. The Kier molecular flexibility index (Phi) is 6.66. The number of nitrogens with one attached hydrogen (secondary N) is 2. The van der Waals surface area contributed by atoms with E-state index in [2.05, 4.69) is 25.7 Å². The molecule has 122 valence electrons. The maximum atomic E-state index is 11.5. The number of hydrogen-bond acceptors (Lipinski definition) is 7. The maximum absolute atomic E-state index is 11.5. The number of piperidine rings is 1. The highest BCUT2D eigenvalue weighted by molar-refractivity contribution is 7.99. The average Bonchev–Trinajstić information content (AvgIpc) is 2.94. The first-order valence-electron chi connectivity index (χ1n) is 7.42. The van der Waals surface area contributed by atoms with Crippen molar-refractivity contribution in [1.29, 1.82) is 0 Å². The first-order valence-corrected chi connectivity index (χ1v) is 8.41. The van der Waals surface area contributed by atoms with Crippen LogP contribution in [0.15, 0.2) is 9.64 Å². The van der Waals surface area contributed by atoms with Gasteiger partial charge in [0.15, 0.2) is 0 Å². The van der Waals surface area contributed by atoms with Crippen molar-refractivity contribution in [2.45, 2.75) is 38.0 Å². The van der Waals surface area contributed by atoms with Gasteiger partial charge in [0.1, 0.15) is 0 Å². The van der Waals surface area contributed by atoms with E-state index in [1.54, 1.807) is 6.92 Å². The molecule has 1 fully saturated rings. The highest BCUT2D eigenvalue weighted by atomic mass is 32.2. The number of likely N-dealkylation sites (tertiary alicyclic amines) is 1. The molecule has 2 rings (SSSR count). The average molecular weight is 327 g/mol. The van der Waals surface area contributed by atoms with Crippen LogP contribution in [0.5, 0.6) is 0 Å². The number of rotatable bonds is 6. The molecule has 1 aliphatic heterocycles. The summed E-state index contributed by atoms with van der Waals surface area (Å²) in [6, 6.07) is -0.496. The zero-order valence-corrected chi connectivity index (χ0v) is 13.4.